The van der Waals surface area contributed by atoms with Gasteiger partial charge in [-0.25, -0.2) is 0 Å². The fraction of sp³-hybridized carbons (Fsp3) is 0.423. The molecule has 0 saturated carbocycles. The van der Waals surface area contributed by atoms with Crippen LogP contribution in [0.15, 0.2) is 60.7 Å². The zero-order valence-electron chi connectivity index (χ0n) is 18.4. The van der Waals surface area contributed by atoms with Crippen molar-refractivity contribution >= 4 is 12.0 Å². The second-order valence-electron chi connectivity index (χ2n) is 8.18. The van der Waals surface area contributed by atoms with E-state index in [1.165, 1.54) is 22.3 Å². The Kier molecular flexibility index (Phi) is 8.51. The van der Waals surface area contributed by atoms with E-state index in [4.69, 9.17) is 0 Å². The van der Waals surface area contributed by atoms with Crippen LogP contribution in [-0.4, -0.2) is 5.91 Å². The average molecular weight is 380 g/mol. The molecule has 28 heavy (non-hydrogen) atoms. The lowest BCUT2D eigenvalue weighted by molar-refractivity contribution is -0.121. The Morgan fingerprint density at radius 3 is 2.46 bits per heavy atom. The van der Waals surface area contributed by atoms with Gasteiger partial charge < -0.3 is 5.32 Å². The number of benzene rings is 1. The summed E-state index contributed by atoms with van der Waals surface area (Å²) in [6, 6.07) is 6.45. The Labute approximate surface area is 172 Å². The lowest BCUT2D eigenvalue weighted by atomic mass is 9.72. The highest BCUT2D eigenvalue weighted by Gasteiger charge is 2.28. The molecule has 2 rings (SSSR count). The molecule has 1 N–H and O–H groups in total. The number of allylic oxidation sites excluding steroid dienone is 2. The molecule has 2 heteroatoms. The van der Waals surface area contributed by atoms with Crippen molar-refractivity contribution in [2.24, 2.45) is 5.92 Å². The molecule has 1 atom stereocenters. The molecule has 1 aliphatic heterocycles. The predicted octanol–water partition coefficient (Wildman–Crippen LogP) is 6.91. The summed E-state index contributed by atoms with van der Waals surface area (Å²) in [5.41, 5.74) is 11.7. The van der Waals surface area contributed by atoms with Gasteiger partial charge in [0.2, 0.25) is 5.91 Å². The second-order valence-corrected chi connectivity index (χ2v) is 8.18. The molecule has 1 amide bonds. The van der Waals surface area contributed by atoms with E-state index in [0.29, 0.717) is 18.3 Å². The molecule has 0 spiro atoms. The van der Waals surface area contributed by atoms with Crippen molar-refractivity contribution in [1.82, 2.24) is 5.32 Å². The molecule has 1 aliphatic rings. The Morgan fingerprint density at radius 2 is 2.00 bits per heavy atom. The summed E-state index contributed by atoms with van der Waals surface area (Å²) < 4.78 is 0. The van der Waals surface area contributed by atoms with Crippen LogP contribution >= 0.6 is 0 Å². The fourth-order valence-corrected chi connectivity index (χ4v) is 3.42. The number of carbonyl (C=O) groups is 1. The summed E-state index contributed by atoms with van der Waals surface area (Å²) in [5.74, 6) is 0.997. The quantitative estimate of drug-likeness (QED) is 0.566. The number of hydrogen-bond donors (Lipinski definition) is 1. The first kappa shape index (κ1) is 23.5. The smallest absolute Gasteiger partial charge is 0.224 e. The normalized spacial score (nSPS) is 16.3. The van der Waals surface area contributed by atoms with Gasteiger partial charge in [0.25, 0.3) is 0 Å². The van der Waals surface area contributed by atoms with E-state index < -0.39 is 0 Å². The summed E-state index contributed by atoms with van der Waals surface area (Å²) in [5, 5.41) is 2.72. The lowest BCUT2D eigenvalue weighted by Crippen LogP contribution is -2.31. The number of nitrogens with one attached hydrogen (secondary N) is 1. The first-order valence-electron chi connectivity index (χ1n) is 9.92. The standard InChI is InChI=1S/C18H24.C8H11NO.H2/c1-8-14(5)18(6,7)17-15(9-2)11-10-12-16(17)13(3)4;1-3-7-6(2)4-5-8(10)9-7;/h9-13H,1-2H2,3-7H3;6H,1,4-5H2,2H3,(H,9,10);1H. The molecule has 1 aromatic rings. The monoisotopic (exact) mass is 379 g/mol. The van der Waals surface area contributed by atoms with Crippen molar-refractivity contribution in [3.63, 3.8) is 0 Å². The minimum absolute atomic E-state index is 0. The molecule has 2 nitrogen and oxygen atoms in total. The summed E-state index contributed by atoms with van der Waals surface area (Å²) in [4.78, 5) is 10.8. The second kappa shape index (κ2) is 10.1. The molecule has 0 aliphatic carbocycles. The van der Waals surface area contributed by atoms with Gasteiger partial charge in [-0.3, -0.25) is 4.79 Å². The van der Waals surface area contributed by atoms with Crippen LogP contribution in [0, 0.1) is 5.92 Å². The molecule has 1 aromatic carbocycles. The van der Waals surface area contributed by atoms with Crippen LogP contribution in [0.1, 0.15) is 78.4 Å². The van der Waals surface area contributed by atoms with Crippen LogP contribution < -0.4 is 5.32 Å². The minimum Gasteiger partial charge on any atom is -0.323 e. The molecule has 0 aromatic heterocycles. The van der Waals surface area contributed by atoms with Gasteiger partial charge >= 0.3 is 0 Å². The Balaban J connectivity index is 0.000000606. The van der Waals surface area contributed by atoms with Crippen LogP contribution in [0.2, 0.25) is 0 Å². The summed E-state index contributed by atoms with van der Waals surface area (Å²) in [6.07, 6.45) is 3.50. The van der Waals surface area contributed by atoms with Crippen molar-refractivity contribution in [2.45, 2.75) is 65.7 Å². The SMILES string of the molecule is C=C=C(C)C(C)(C)c1c(C=C)cccc1C(C)C.C=C=C1NC(=O)CCC1C.[HH]. The number of rotatable bonds is 4. The van der Waals surface area contributed by atoms with Gasteiger partial charge in [0.05, 0.1) is 5.70 Å². The number of hydrogen-bond acceptors (Lipinski definition) is 1. The maximum absolute atomic E-state index is 10.8. The molecule has 1 fully saturated rings. The first-order chi connectivity index (χ1) is 13.1. The van der Waals surface area contributed by atoms with Gasteiger partial charge in [-0.1, -0.05) is 78.6 Å². The molecule has 1 saturated heterocycles. The van der Waals surface area contributed by atoms with E-state index in [2.05, 4.69) is 96.3 Å². The Hall–Kier alpha value is -2.53. The van der Waals surface area contributed by atoms with Gasteiger partial charge in [0.1, 0.15) is 0 Å². The van der Waals surface area contributed by atoms with Crippen LogP contribution in [0.4, 0.5) is 0 Å². The molecular formula is C26H37NO. The number of amides is 1. The van der Waals surface area contributed by atoms with Crippen molar-refractivity contribution in [3.8, 4) is 0 Å². The zero-order valence-corrected chi connectivity index (χ0v) is 18.4. The van der Waals surface area contributed by atoms with Crippen LogP contribution in [0.5, 0.6) is 0 Å². The molecule has 1 heterocycles. The van der Waals surface area contributed by atoms with Gasteiger partial charge in [-0.05, 0) is 41.5 Å². The van der Waals surface area contributed by atoms with Gasteiger partial charge in [0, 0.05) is 19.2 Å². The third-order valence-electron chi connectivity index (χ3n) is 5.56. The highest BCUT2D eigenvalue weighted by Crippen LogP contribution is 2.38. The van der Waals surface area contributed by atoms with Crippen LogP contribution in [-0.2, 0) is 10.2 Å². The van der Waals surface area contributed by atoms with E-state index in [-0.39, 0.29) is 12.7 Å². The topological polar surface area (TPSA) is 29.1 Å². The summed E-state index contributed by atoms with van der Waals surface area (Å²) >= 11 is 0. The summed E-state index contributed by atoms with van der Waals surface area (Å²) in [6.45, 7) is 24.3. The number of piperidine rings is 1. The Morgan fingerprint density at radius 1 is 1.36 bits per heavy atom. The fourth-order valence-electron chi connectivity index (χ4n) is 3.42. The third kappa shape index (κ3) is 5.49. The van der Waals surface area contributed by atoms with Crippen molar-refractivity contribution in [2.75, 3.05) is 0 Å². The average Bonchev–Trinajstić information content (AvgIpc) is 2.68. The Bertz CT molecular complexity index is 834. The van der Waals surface area contributed by atoms with Crippen molar-refractivity contribution < 1.29 is 6.22 Å². The van der Waals surface area contributed by atoms with Gasteiger partial charge in [-0.15, -0.1) is 11.5 Å². The van der Waals surface area contributed by atoms with Crippen molar-refractivity contribution in [3.05, 3.63) is 77.4 Å². The molecular weight excluding hydrogens is 342 g/mol. The van der Waals surface area contributed by atoms with Crippen LogP contribution in [0.3, 0.4) is 0 Å². The molecule has 0 radical (unpaired) electrons. The minimum atomic E-state index is -0.0634. The molecule has 0 bridgehead atoms. The predicted molar refractivity (Wildman–Crippen MR) is 123 cm³/mol. The summed E-state index contributed by atoms with van der Waals surface area (Å²) in [7, 11) is 0. The molecule has 152 valence electrons. The lowest BCUT2D eigenvalue weighted by Gasteiger charge is -2.31. The van der Waals surface area contributed by atoms with E-state index >= 15 is 0 Å². The first-order valence-corrected chi connectivity index (χ1v) is 9.92. The van der Waals surface area contributed by atoms with E-state index in [1.807, 2.05) is 6.08 Å². The van der Waals surface area contributed by atoms with Gasteiger partial charge in [-0.2, -0.15) is 0 Å². The maximum Gasteiger partial charge on any atom is 0.224 e. The van der Waals surface area contributed by atoms with E-state index in [1.54, 1.807) is 0 Å². The number of carbonyl (C=O) groups excluding carboxylic acids is 1. The zero-order chi connectivity index (χ0) is 21.5. The van der Waals surface area contributed by atoms with Gasteiger partial charge in [0.15, 0.2) is 0 Å². The molecule has 1 unspecified atom stereocenters. The highest BCUT2D eigenvalue weighted by atomic mass is 16.1. The van der Waals surface area contributed by atoms with Crippen molar-refractivity contribution in [1.29, 1.82) is 0 Å². The van der Waals surface area contributed by atoms with E-state index in [9.17, 15) is 4.79 Å². The van der Waals surface area contributed by atoms with Crippen LogP contribution in [0.25, 0.3) is 6.08 Å². The maximum atomic E-state index is 10.8. The van der Waals surface area contributed by atoms with E-state index in [0.717, 1.165) is 12.1 Å². The third-order valence-corrected chi connectivity index (χ3v) is 5.56. The largest absolute Gasteiger partial charge is 0.323 e. The highest BCUT2D eigenvalue weighted by molar-refractivity contribution is 5.78.